The molecule has 146 valence electrons. The van der Waals surface area contributed by atoms with Gasteiger partial charge in [-0.25, -0.2) is 13.6 Å². The summed E-state index contributed by atoms with van der Waals surface area (Å²) in [6.07, 6.45) is 1.49. The Balaban J connectivity index is 1.29. The van der Waals surface area contributed by atoms with E-state index >= 15 is 0 Å². The minimum Gasteiger partial charge on any atom is -0.334 e. The van der Waals surface area contributed by atoms with Crippen molar-refractivity contribution >= 4 is 17.6 Å². The zero-order valence-electron chi connectivity index (χ0n) is 15.3. The summed E-state index contributed by atoms with van der Waals surface area (Å²) in [7, 11) is 0. The number of nitrogens with zero attached hydrogens (tertiary/aromatic N) is 1. The maximum atomic E-state index is 13.3. The van der Waals surface area contributed by atoms with Crippen molar-refractivity contribution < 1.29 is 18.4 Å². The minimum absolute atomic E-state index is 0.132. The van der Waals surface area contributed by atoms with E-state index in [4.69, 9.17) is 0 Å². The van der Waals surface area contributed by atoms with Gasteiger partial charge in [0.15, 0.2) is 0 Å². The molecule has 1 saturated heterocycles. The second-order valence-electron chi connectivity index (χ2n) is 7.58. The molecule has 1 heterocycles. The standard InChI is InChI=1S/C21H21F2N3O2/c22-15-4-1-3-14(9-15)12-24-20(28)26-8-7-21(13-26)11-18(21)19(27)25-17-6-2-5-16(23)10-17/h1-6,9-10,18H,7-8,11-13H2,(H,24,28)(H,25,27)/t18-,21-/m1/s1. The Morgan fingerprint density at radius 1 is 1.11 bits per heavy atom. The number of halogens is 2. The first-order valence-electron chi connectivity index (χ1n) is 9.29. The highest BCUT2D eigenvalue weighted by Gasteiger charge is 2.61. The van der Waals surface area contributed by atoms with E-state index in [2.05, 4.69) is 10.6 Å². The van der Waals surface area contributed by atoms with Crippen LogP contribution in [0.4, 0.5) is 19.3 Å². The summed E-state index contributed by atoms with van der Waals surface area (Å²) in [4.78, 5) is 26.6. The molecule has 1 spiro atoms. The van der Waals surface area contributed by atoms with Crippen LogP contribution in [0.25, 0.3) is 0 Å². The number of amides is 3. The van der Waals surface area contributed by atoms with Crippen LogP contribution in [0.1, 0.15) is 18.4 Å². The lowest BCUT2D eigenvalue weighted by atomic mass is 10.0. The fourth-order valence-corrected chi connectivity index (χ4v) is 3.97. The summed E-state index contributed by atoms with van der Waals surface area (Å²) in [5.41, 5.74) is 0.948. The van der Waals surface area contributed by atoms with Crippen molar-refractivity contribution in [3.8, 4) is 0 Å². The Morgan fingerprint density at radius 3 is 2.61 bits per heavy atom. The molecule has 2 atom stereocenters. The van der Waals surface area contributed by atoms with E-state index in [9.17, 15) is 18.4 Å². The molecular weight excluding hydrogens is 364 g/mol. The molecule has 1 saturated carbocycles. The van der Waals surface area contributed by atoms with Gasteiger partial charge in [0.05, 0.1) is 0 Å². The van der Waals surface area contributed by atoms with Crippen LogP contribution in [0.3, 0.4) is 0 Å². The Labute approximate surface area is 161 Å². The third-order valence-corrected chi connectivity index (χ3v) is 5.60. The van der Waals surface area contributed by atoms with E-state index in [1.165, 1.54) is 24.3 Å². The van der Waals surface area contributed by atoms with E-state index in [0.29, 0.717) is 24.3 Å². The van der Waals surface area contributed by atoms with E-state index in [-0.39, 0.29) is 35.6 Å². The summed E-state index contributed by atoms with van der Waals surface area (Å²) < 4.78 is 26.5. The molecule has 28 heavy (non-hydrogen) atoms. The molecule has 2 fully saturated rings. The van der Waals surface area contributed by atoms with Crippen LogP contribution in [-0.4, -0.2) is 29.9 Å². The first-order valence-corrected chi connectivity index (χ1v) is 9.29. The molecule has 0 radical (unpaired) electrons. The van der Waals surface area contributed by atoms with E-state index in [1.807, 2.05) is 0 Å². The monoisotopic (exact) mass is 385 g/mol. The molecule has 3 amide bonds. The van der Waals surface area contributed by atoms with Gasteiger partial charge in [-0.2, -0.15) is 0 Å². The lowest BCUT2D eigenvalue weighted by molar-refractivity contribution is -0.118. The Kier molecular flexibility index (Phi) is 4.75. The van der Waals surface area contributed by atoms with Crippen LogP contribution < -0.4 is 10.6 Å². The maximum absolute atomic E-state index is 13.3. The van der Waals surface area contributed by atoms with Gasteiger partial charge in [0.25, 0.3) is 0 Å². The van der Waals surface area contributed by atoms with Crippen LogP contribution >= 0.6 is 0 Å². The second kappa shape index (κ2) is 7.22. The number of carbonyl (C=O) groups is 2. The van der Waals surface area contributed by atoms with Crippen LogP contribution in [0.15, 0.2) is 48.5 Å². The molecule has 5 nitrogen and oxygen atoms in total. The molecule has 7 heteroatoms. The lowest BCUT2D eigenvalue weighted by Gasteiger charge is -2.17. The van der Waals surface area contributed by atoms with Gasteiger partial charge in [0, 0.05) is 36.7 Å². The molecule has 1 aliphatic carbocycles. The number of likely N-dealkylation sites (tertiary alicyclic amines) is 1. The van der Waals surface area contributed by atoms with Crippen molar-refractivity contribution in [2.24, 2.45) is 11.3 Å². The normalized spacial score (nSPS) is 22.9. The molecule has 2 N–H and O–H groups in total. The van der Waals surface area contributed by atoms with Crippen molar-refractivity contribution in [1.29, 1.82) is 0 Å². The van der Waals surface area contributed by atoms with Gasteiger partial charge in [-0.1, -0.05) is 18.2 Å². The molecule has 0 bridgehead atoms. The smallest absolute Gasteiger partial charge is 0.317 e. The van der Waals surface area contributed by atoms with Gasteiger partial charge in [-0.3, -0.25) is 4.79 Å². The molecule has 2 aliphatic rings. The summed E-state index contributed by atoms with van der Waals surface area (Å²) in [5.74, 6) is -1.04. The Bertz CT molecular complexity index is 920. The third kappa shape index (κ3) is 3.83. The fourth-order valence-electron chi connectivity index (χ4n) is 3.97. The fraction of sp³-hybridized carbons (Fsp3) is 0.333. The summed E-state index contributed by atoms with van der Waals surface area (Å²) in [6.45, 7) is 1.35. The van der Waals surface area contributed by atoms with Crippen molar-refractivity contribution in [2.75, 3.05) is 18.4 Å². The van der Waals surface area contributed by atoms with Gasteiger partial charge in [0.2, 0.25) is 5.91 Å². The van der Waals surface area contributed by atoms with E-state index in [1.54, 1.807) is 29.2 Å². The molecule has 2 aromatic rings. The molecule has 4 rings (SSSR count). The van der Waals surface area contributed by atoms with Gasteiger partial charge < -0.3 is 15.5 Å². The molecule has 0 unspecified atom stereocenters. The average Bonchev–Trinajstić information content (AvgIpc) is 3.20. The number of benzene rings is 2. The van der Waals surface area contributed by atoms with Crippen LogP contribution in [-0.2, 0) is 11.3 Å². The number of rotatable bonds is 4. The number of hydrogen-bond acceptors (Lipinski definition) is 2. The zero-order chi connectivity index (χ0) is 19.7. The second-order valence-corrected chi connectivity index (χ2v) is 7.58. The first-order chi connectivity index (χ1) is 13.4. The number of carbonyl (C=O) groups excluding carboxylic acids is 2. The van der Waals surface area contributed by atoms with E-state index in [0.717, 1.165) is 12.8 Å². The Hall–Kier alpha value is -2.96. The quantitative estimate of drug-likeness (QED) is 0.846. The summed E-state index contributed by atoms with van der Waals surface area (Å²) >= 11 is 0. The predicted molar refractivity (Wildman–Crippen MR) is 100 cm³/mol. The highest BCUT2D eigenvalue weighted by Crippen LogP contribution is 2.58. The predicted octanol–water partition coefficient (Wildman–Crippen LogP) is 3.53. The third-order valence-electron chi connectivity index (χ3n) is 5.60. The van der Waals surface area contributed by atoms with Crippen LogP contribution in [0, 0.1) is 23.0 Å². The maximum Gasteiger partial charge on any atom is 0.317 e. The van der Waals surface area contributed by atoms with Crippen molar-refractivity contribution in [3.63, 3.8) is 0 Å². The summed E-state index contributed by atoms with van der Waals surface area (Å²) in [5, 5.41) is 5.56. The SMILES string of the molecule is O=C(Nc1cccc(F)c1)[C@H]1C[C@@]12CCN(C(=O)NCc1cccc(F)c1)C2. The minimum atomic E-state index is -0.398. The van der Waals surface area contributed by atoms with E-state index < -0.39 is 5.82 Å². The topological polar surface area (TPSA) is 61.4 Å². The van der Waals surface area contributed by atoms with Crippen molar-refractivity contribution in [2.45, 2.75) is 19.4 Å². The Morgan fingerprint density at radius 2 is 1.86 bits per heavy atom. The first kappa shape index (κ1) is 18.4. The molecular formula is C21H21F2N3O2. The van der Waals surface area contributed by atoms with Gasteiger partial charge >= 0.3 is 6.03 Å². The van der Waals surface area contributed by atoms with Crippen molar-refractivity contribution in [1.82, 2.24) is 10.2 Å². The lowest BCUT2D eigenvalue weighted by Crippen LogP contribution is -2.38. The van der Waals surface area contributed by atoms with Crippen molar-refractivity contribution in [3.05, 3.63) is 65.7 Å². The number of urea groups is 1. The zero-order valence-corrected chi connectivity index (χ0v) is 15.3. The van der Waals surface area contributed by atoms with Gasteiger partial charge in [-0.15, -0.1) is 0 Å². The molecule has 1 aliphatic heterocycles. The number of anilines is 1. The largest absolute Gasteiger partial charge is 0.334 e. The highest BCUT2D eigenvalue weighted by molar-refractivity contribution is 5.95. The average molecular weight is 385 g/mol. The summed E-state index contributed by atoms with van der Waals surface area (Å²) in [6, 6.07) is 11.7. The van der Waals surface area contributed by atoms with Gasteiger partial charge in [0.1, 0.15) is 11.6 Å². The number of hydrogen-bond donors (Lipinski definition) is 2. The van der Waals surface area contributed by atoms with Crippen LogP contribution in [0.5, 0.6) is 0 Å². The molecule has 0 aromatic heterocycles. The molecule has 2 aromatic carbocycles. The highest BCUT2D eigenvalue weighted by atomic mass is 19.1. The number of nitrogens with one attached hydrogen (secondary N) is 2. The van der Waals surface area contributed by atoms with Gasteiger partial charge in [-0.05, 0) is 48.7 Å². The van der Waals surface area contributed by atoms with Crippen LogP contribution in [0.2, 0.25) is 0 Å².